The molecule has 0 unspecified atom stereocenters. The van der Waals surface area contributed by atoms with Crippen LogP contribution >= 0.6 is 12.2 Å². The second-order valence-electron chi connectivity index (χ2n) is 7.29. The van der Waals surface area contributed by atoms with E-state index in [0.29, 0.717) is 16.9 Å². The SMILES string of the molecule is CC(C)c1ccccc1NC(=S)NCCC(c1ccccc1)c1ccccc1. The highest BCUT2D eigenvalue weighted by atomic mass is 32.1. The fourth-order valence-corrected chi connectivity index (χ4v) is 3.72. The zero-order valence-electron chi connectivity index (χ0n) is 16.6. The lowest BCUT2D eigenvalue weighted by atomic mass is 9.88. The van der Waals surface area contributed by atoms with Crippen LogP contribution in [0.2, 0.25) is 0 Å². The van der Waals surface area contributed by atoms with Gasteiger partial charge in [0.15, 0.2) is 5.11 Å². The van der Waals surface area contributed by atoms with Gasteiger partial charge in [-0.05, 0) is 47.3 Å². The molecule has 0 heterocycles. The highest BCUT2D eigenvalue weighted by Crippen LogP contribution is 2.27. The highest BCUT2D eigenvalue weighted by Gasteiger charge is 2.14. The minimum Gasteiger partial charge on any atom is -0.362 e. The Kier molecular flexibility index (Phi) is 7.21. The molecule has 28 heavy (non-hydrogen) atoms. The molecule has 0 spiro atoms. The third-order valence-corrected chi connectivity index (χ3v) is 5.20. The van der Waals surface area contributed by atoms with Gasteiger partial charge in [-0.1, -0.05) is 92.7 Å². The molecule has 0 radical (unpaired) electrons. The summed E-state index contributed by atoms with van der Waals surface area (Å²) in [5.74, 6) is 0.799. The van der Waals surface area contributed by atoms with Gasteiger partial charge in [-0.15, -0.1) is 0 Å². The fourth-order valence-electron chi connectivity index (χ4n) is 3.51. The molecule has 3 heteroatoms. The van der Waals surface area contributed by atoms with Crippen molar-refractivity contribution >= 4 is 23.0 Å². The summed E-state index contributed by atoms with van der Waals surface area (Å²) in [7, 11) is 0. The summed E-state index contributed by atoms with van der Waals surface area (Å²) in [6, 6.07) is 29.7. The molecule has 0 aromatic heterocycles. The third kappa shape index (κ3) is 5.43. The predicted octanol–water partition coefficient (Wildman–Crippen LogP) is 6.32. The van der Waals surface area contributed by atoms with E-state index in [1.54, 1.807) is 0 Å². The molecule has 0 fully saturated rings. The zero-order valence-corrected chi connectivity index (χ0v) is 17.4. The molecular weight excluding hydrogens is 360 g/mol. The maximum atomic E-state index is 5.55. The molecule has 3 aromatic carbocycles. The Bertz CT molecular complexity index is 836. The summed E-state index contributed by atoms with van der Waals surface area (Å²) in [6.07, 6.45) is 0.974. The Labute approximate surface area is 174 Å². The van der Waals surface area contributed by atoms with E-state index < -0.39 is 0 Å². The van der Waals surface area contributed by atoms with E-state index in [1.165, 1.54) is 16.7 Å². The van der Waals surface area contributed by atoms with E-state index in [4.69, 9.17) is 12.2 Å². The average Bonchev–Trinajstić information content (AvgIpc) is 2.73. The summed E-state index contributed by atoms with van der Waals surface area (Å²) in [5, 5.41) is 7.43. The zero-order chi connectivity index (χ0) is 19.8. The van der Waals surface area contributed by atoms with E-state index in [2.05, 4.69) is 103 Å². The minimum absolute atomic E-state index is 0.348. The number of anilines is 1. The van der Waals surface area contributed by atoms with E-state index in [9.17, 15) is 0 Å². The molecule has 3 aromatic rings. The summed E-state index contributed by atoms with van der Waals surface area (Å²) in [4.78, 5) is 0. The third-order valence-electron chi connectivity index (χ3n) is 4.95. The molecule has 2 N–H and O–H groups in total. The van der Waals surface area contributed by atoms with Gasteiger partial charge in [0.25, 0.3) is 0 Å². The number of para-hydroxylation sites is 1. The topological polar surface area (TPSA) is 24.1 Å². The van der Waals surface area contributed by atoms with Crippen molar-refractivity contribution in [3.8, 4) is 0 Å². The summed E-state index contributed by atoms with van der Waals surface area (Å²) < 4.78 is 0. The molecule has 3 rings (SSSR count). The largest absolute Gasteiger partial charge is 0.362 e. The van der Waals surface area contributed by atoms with Gasteiger partial charge >= 0.3 is 0 Å². The Hall–Kier alpha value is -2.65. The van der Waals surface area contributed by atoms with Gasteiger partial charge in [0, 0.05) is 18.2 Å². The summed E-state index contributed by atoms with van der Waals surface area (Å²) >= 11 is 5.55. The molecule has 144 valence electrons. The van der Waals surface area contributed by atoms with Crippen LogP contribution in [0.15, 0.2) is 84.9 Å². The smallest absolute Gasteiger partial charge is 0.170 e. The van der Waals surface area contributed by atoms with E-state index in [-0.39, 0.29) is 0 Å². The molecule has 0 aliphatic rings. The number of rotatable bonds is 7. The first kappa shape index (κ1) is 20.1. The van der Waals surface area contributed by atoms with E-state index in [0.717, 1.165) is 18.7 Å². The Balaban J connectivity index is 1.62. The van der Waals surface area contributed by atoms with E-state index >= 15 is 0 Å². The van der Waals surface area contributed by atoms with Crippen molar-refractivity contribution < 1.29 is 0 Å². The molecular formula is C25H28N2S. The highest BCUT2D eigenvalue weighted by molar-refractivity contribution is 7.80. The van der Waals surface area contributed by atoms with Crippen molar-refractivity contribution in [3.63, 3.8) is 0 Å². The molecule has 0 atom stereocenters. The van der Waals surface area contributed by atoms with E-state index in [1.807, 2.05) is 6.07 Å². The van der Waals surface area contributed by atoms with Gasteiger partial charge < -0.3 is 10.6 Å². The lowest BCUT2D eigenvalue weighted by molar-refractivity contribution is 0.694. The number of hydrogen-bond acceptors (Lipinski definition) is 1. The van der Waals surface area contributed by atoms with Gasteiger partial charge in [0.1, 0.15) is 0 Å². The summed E-state index contributed by atoms with van der Waals surface area (Å²) in [6.45, 7) is 5.20. The Morgan fingerprint density at radius 3 is 1.89 bits per heavy atom. The maximum Gasteiger partial charge on any atom is 0.170 e. The first-order valence-electron chi connectivity index (χ1n) is 9.89. The van der Waals surface area contributed by atoms with Gasteiger partial charge in [0.2, 0.25) is 0 Å². The number of hydrogen-bond donors (Lipinski definition) is 2. The number of nitrogens with one attached hydrogen (secondary N) is 2. The van der Waals surface area contributed by atoms with Gasteiger partial charge in [-0.25, -0.2) is 0 Å². The average molecular weight is 389 g/mol. The van der Waals surface area contributed by atoms with Crippen LogP contribution in [-0.2, 0) is 0 Å². The van der Waals surface area contributed by atoms with Crippen LogP contribution in [0.25, 0.3) is 0 Å². The van der Waals surface area contributed by atoms with Crippen LogP contribution in [0.3, 0.4) is 0 Å². The first-order chi connectivity index (χ1) is 13.6. The fraction of sp³-hybridized carbons (Fsp3) is 0.240. The molecule has 0 bridgehead atoms. The normalized spacial score (nSPS) is 10.9. The molecule has 0 aliphatic heterocycles. The number of benzene rings is 3. The lowest BCUT2D eigenvalue weighted by Gasteiger charge is -2.20. The van der Waals surface area contributed by atoms with Crippen molar-refractivity contribution in [2.75, 3.05) is 11.9 Å². The summed E-state index contributed by atoms with van der Waals surface area (Å²) in [5.41, 5.74) is 5.02. The Morgan fingerprint density at radius 2 is 1.32 bits per heavy atom. The number of thiocarbonyl (C=S) groups is 1. The van der Waals surface area contributed by atoms with Crippen molar-refractivity contribution in [3.05, 3.63) is 102 Å². The van der Waals surface area contributed by atoms with Crippen molar-refractivity contribution in [2.45, 2.75) is 32.1 Å². The van der Waals surface area contributed by atoms with Crippen LogP contribution in [-0.4, -0.2) is 11.7 Å². The molecule has 0 saturated carbocycles. The standard InChI is InChI=1S/C25H28N2S/c1-19(2)22-15-9-10-16-24(22)27-25(28)26-18-17-23(20-11-5-3-6-12-20)21-13-7-4-8-14-21/h3-16,19,23H,17-18H2,1-2H3,(H2,26,27,28). The van der Waals surface area contributed by atoms with Crippen LogP contribution in [0.1, 0.15) is 48.8 Å². The van der Waals surface area contributed by atoms with Gasteiger partial charge in [0.05, 0.1) is 0 Å². The minimum atomic E-state index is 0.348. The predicted molar refractivity (Wildman–Crippen MR) is 124 cm³/mol. The van der Waals surface area contributed by atoms with Crippen molar-refractivity contribution in [1.82, 2.24) is 5.32 Å². The lowest BCUT2D eigenvalue weighted by Crippen LogP contribution is -2.30. The molecule has 0 aliphatic carbocycles. The second kappa shape index (κ2) is 10.0. The van der Waals surface area contributed by atoms with Crippen LogP contribution in [0, 0.1) is 0 Å². The van der Waals surface area contributed by atoms with Crippen LogP contribution in [0.5, 0.6) is 0 Å². The first-order valence-corrected chi connectivity index (χ1v) is 10.3. The van der Waals surface area contributed by atoms with Crippen molar-refractivity contribution in [1.29, 1.82) is 0 Å². The maximum absolute atomic E-state index is 5.55. The quantitative estimate of drug-likeness (QED) is 0.463. The second-order valence-corrected chi connectivity index (χ2v) is 7.69. The van der Waals surface area contributed by atoms with Crippen molar-refractivity contribution in [2.24, 2.45) is 0 Å². The van der Waals surface area contributed by atoms with Crippen LogP contribution < -0.4 is 10.6 Å². The molecule has 0 saturated heterocycles. The monoisotopic (exact) mass is 388 g/mol. The molecule has 2 nitrogen and oxygen atoms in total. The van der Waals surface area contributed by atoms with Gasteiger partial charge in [-0.2, -0.15) is 0 Å². The molecule has 0 amide bonds. The van der Waals surface area contributed by atoms with Gasteiger partial charge in [-0.3, -0.25) is 0 Å². The van der Waals surface area contributed by atoms with Crippen LogP contribution in [0.4, 0.5) is 5.69 Å². The Morgan fingerprint density at radius 1 is 0.786 bits per heavy atom.